The van der Waals surface area contributed by atoms with Crippen LogP contribution in [-0.2, 0) is 6.42 Å². The topological polar surface area (TPSA) is 38.5 Å². The molecule has 0 aliphatic heterocycles. The van der Waals surface area contributed by atoms with Crippen molar-refractivity contribution in [1.82, 2.24) is 0 Å². The highest BCUT2D eigenvalue weighted by Crippen LogP contribution is 2.22. The molecule has 2 N–H and O–H groups in total. The van der Waals surface area contributed by atoms with Crippen LogP contribution >= 0.6 is 0 Å². The van der Waals surface area contributed by atoms with Gasteiger partial charge in [-0.1, -0.05) is 36.9 Å². The van der Waals surface area contributed by atoms with E-state index in [4.69, 9.17) is 10.5 Å². The van der Waals surface area contributed by atoms with Gasteiger partial charge in [0.2, 0.25) is 0 Å². The molecule has 0 amide bonds. The van der Waals surface area contributed by atoms with E-state index in [1.807, 2.05) is 54.4 Å². The Morgan fingerprint density at radius 1 is 1.14 bits per heavy atom. The van der Waals surface area contributed by atoms with Crippen LogP contribution in [0.5, 0.6) is 5.75 Å². The van der Waals surface area contributed by atoms with Gasteiger partial charge in [-0.2, -0.15) is 0 Å². The molecule has 0 bridgehead atoms. The fourth-order valence-corrected chi connectivity index (χ4v) is 2.21. The van der Waals surface area contributed by atoms with Gasteiger partial charge in [0, 0.05) is 24.5 Å². The Labute approximate surface area is 126 Å². The van der Waals surface area contributed by atoms with Crippen molar-refractivity contribution in [3.8, 4) is 5.75 Å². The number of anilines is 1. The third-order valence-corrected chi connectivity index (χ3v) is 3.62. The number of nitrogens with zero attached hydrogens (tertiary/aromatic N) is 1. The molecule has 3 nitrogen and oxygen atoms in total. The van der Waals surface area contributed by atoms with Crippen LogP contribution in [0, 0.1) is 0 Å². The molecular weight excluding hydrogens is 260 g/mol. The molecular formula is C18H22N2O. The maximum Gasteiger partial charge on any atom is 0.119 e. The summed E-state index contributed by atoms with van der Waals surface area (Å²) in [6, 6.07) is 18.0. The van der Waals surface area contributed by atoms with Gasteiger partial charge in [-0.3, -0.25) is 0 Å². The third-order valence-electron chi connectivity index (χ3n) is 3.62. The predicted octanol–water partition coefficient (Wildman–Crippen LogP) is 3.22. The van der Waals surface area contributed by atoms with Crippen LogP contribution in [0.4, 0.5) is 5.69 Å². The standard InChI is InChI=1S/C18H22N2O/c1-14(18(19)13-15-7-5-4-6-8-15)20(2)16-9-11-17(21-3)12-10-16/h4-12,18H,1,13,19H2,2-3H3. The second-order valence-electron chi connectivity index (χ2n) is 5.04. The summed E-state index contributed by atoms with van der Waals surface area (Å²) in [6.45, 7) is 4.14. The van der Waals surface area contributed by atoms with Crippen molar-refractivity contribution in [2.45, 2.75) is 12.5 Å². The molecule has 0 aliphatic rings. The summed E-state index contributed by atoms with van der Waals surface area (Å²) in [6.07, 6.45) is 0.778. The normalized spacial score (nSPS) is 11.8. The van der Waals surface area contributed by atoms with Crippen molar-refractivity contribution >= 4 is 5.69 Å². The lowest BCUT2D eigenvalue weighted by molar-refractivity contribution is 0.415. The quantitative estimate of drug-likeness (QED) is 0.884. The first-order chi connectivity index (χ1) is 10.1. The van der Waals surface area contributed by atoms with E-state index >= 15 is 0 Å². The van der Waals surface area contributed by atoms with Crippen LogP contribution in [0.2, 0.25) is 0 Å². The number of nitrogens with two attached hydrogens (primary N) is 1. The van der Waals surface area contributed by atoms with Crippen molar-refractivity contribution in [2.24, 2.45) is 5.73 Å². The Bertz CT molecular complexity index is 578. The minimum atomic E-state index is -0.112. The van der Waals surface area contributed by atoms with Gasteiger partial charge in [0.25, 0.3) is 0 Å². The van der Waals surface area contributed by atoms with E-state index in [1.165, 1.54) is 5.56 Å². The molecule has 2 rings (SSSR count). The van der Waals surface area contributed by atoms with Crippen molar-refractivity contribution in [2.75, 3.05) is 19.1 Å². The first-order valence-corrected chi connectivity index (χ1v) is 6.98. The number of rotatable bonds is 6. The molecule has 0 aliphatic carbocycles. The van der Waals surface area contributed by atoms with Gasteiger partial charge in [-0.15, -0.1) is 0 Å². The Kier molecular flexibility index (Phi) is 5.01. The summed E-state index contributed by atoms with van der Waals surface area (Å²) in [5, 5.41) is 0. The van der Waals surface area contributed by atoms with E-state index in [0.717, 1.165) is 23.6 Å². The molecule has 0 saturated heterocycles. The van der Waals surface area contributed by atoms with Gasteiger partial charge in [-0.05, 0) is 36.2 Å². The number of methoxy groups -OCH3 is 1. The SMILES string of the molecule is C=C(C(N)Cc1ccccc1)N(C)c1ccc(OC)cc1. The molecule has 1 unspecified atom stereocenters. The number of hydrogen-bond donors (Lipinski definition) is 1. The largest absolute Gasteiger partial charge is 0.497 e. The molecule has 2 aromatic rings. The summed E-state index contributed by atoms with van der Waals surface area (Å²) in [5.74, 6) is 0.839. The molecule has 0 radical (unpaired) electrons. The summed E-state index contributed by atoms with van der Waals surface area (Å²) in [7, 11) is 3.64. The average molecular weight is 282 g/mol. The van der Waals surface area contributed by atoms with Crippen LogP contribution in [0.15, 0.2) is 66.9 Å². The van der Waals surface area contributed by atoms with Gasteiger partial charge in [-0.25, -0.2) is 0 Å². The molecule has 21 heavy (non-hydrogen) atoms. The zero-order chi connectivity index (χ0) is 15.2. The summed E-state index contributed by atoms with van der Waals surface area (Å²) in [4.78, 5) is 2.02. The molecule has 3 heteroatoms. The average Bonchev–Trinajstić information content (AvgIpc) is 2.54. The van der Waals surface area contributed by atoms with E-state index in [9.17, 15) is 0 Å². The fraction of sp³-hybridized carbons (Fsp3) is 0.222. The fourth-order valence-electron chi connectivity index (χ4n) is 2.21. The summed E-state index contributed by atoms with van der Waals surface area (Å²) in [5.41, 5.74) is 9.43. The monoisotopic (exact) mass is 282 g/mol. The minimum absolute atomic E-state index is 0.112. The second-order valence-corrected chi connectivity index (χ2v) is 5.04. The summed E-state index contributed by atoms with van der Waals surface area (Å²) < 4.78 is 5.17. The van der Waals surface area contributed by atoms with E-state index in [2.05, 4.69) is 18.7 Å². The van der Waals surface area contributed by atoms with Gasteiger partial charge >= 0.3 is 0 Å². The molecule has 110 valence electrons. The lowest BCUT2D eigenvalue weighted by Gasteiger charge is -2.26. The van der Waals surface area contributed by atoms with Gasteiger partial charge in [0.05, 0.1) is 7.11 Å². The Morgan fingerprint density at radius 2 is 1.76 bits per heavy atom. The smallest absolute Gasteiger partial charge is 0.119 e. The molecule has 0 spiro atoms. The lowest BCUT2D eigenvalue weighted by atomic mass is 10.0. The van der Waals surface area contributed by atoms with Crippen LogP contribution in [0.25, 0.3) is 0 Å². The molecule has 0 fully saturated rings. The van der Waals surface area contributed by atoms with Crippen LogP contribution in [0.1, 0.15) is 5.56 Å². The number of benzene rings is 2. The van der Waals surface area contributed by atoms with E-state index in [-0.39, 0.29) is 6.04 Å². The van der Waals surface area contributed by atoms with Gasteiger partial charge in [0.1, 0.15) is 5.75 Å². The summed E-state index contributed by atoms with van der Waals surface area (Å²) >= 11 is 0. The lowest BCUT2D eigenvalue weighted by Crippen LogP contribution is -2.34. The Morgan fingerprint density at radius 3 is 2.33 bits per heavy atom. The Hall–Kier alpha value is -2.26. The third kappa shape index (κ3) is 3.86. The maximum absolute atomic E-state index is 6.28. The van der Waals surface area contributed by atoms with Crippen LogP contribution in [0.3, 0.4) is 0 Å². The molecule has 2 aromatic carbocycles. The number of hydrogen-bond acceptors (Lipinski definition) is 3. The van der Waals surface area contributed by atoms with Crippen LogP contribution in [-0.4, -0.2) is 20.2 Å². The van der Waals surface area contributed by atoms with Gasteiger partial charge in [0.15, 0.2) is 0 Å². The zero-order valence-electron chi connectivity index (χ0n) is 12.6. The van der Waals surface area contributed by atoms with E-state index in [1.54, 1.807) is 7.11 Å². The highest BCUT2D eigenvalue weighted by Gasteiger charge is 2.13. The van der Waals surface area contributed by atoms with Crippen LogP contribution < -0.4 is 15.4 Å². The van der Waals surface area contributed by atoms with Crippen molar-refractivity contribution in [3.63, 3.8) is 0 Å². The number of ether oxygens (including phenoxy) is 1. The number of likely N-dealkylation sites (N-methyl/N-ethyl adjacent to an activating group) is 1. The van der Waals surface area contributed by atoms with Crippen molar-refractivity contribution < 1.29 is 4.74 Å². The minimum Gasteiger partial charge on any atom is -0.497 e. The maximum atomic E-state index is 6.28. The molecule has 0 heterocycles. The van der Waals surface area contributed by atoms with Crippen molar-refractivity contribution in [1.29, 1.82) is 0 Å². The first-order valence-electron chi connectivity index (χ1n) is 6.98. The molecule has 1 atom stereocenters. The zero-order valence-corrected chi connectivity index (χ0v) is 12.6. The van der Waals surface area contributed by atoms with E-state index in [0.29, 0.717) is 0 Å². The second kappa shape index (κ2) is 6.95. The van der Waals surface area contributed by atoms with Gasteiger partial charge < -0.3 is 15.4 Å². The predicted molar refractivity (Wildman–Crippen MR) is 88.7 cm³/mol. The highest BCUT2D eigenvalue weighted by molar-refractivity contribution is 5.53. The van der Waals surface area contributed by atoms with Crippen molar-refractivity contribution in [3.05, 3.63) is 72.4 Å². The highest BCUT2D eigenvalue weighted by atomic mass is 16.5. The molecule has 0 saturated carbocycles. The van der Waals surface area contributed by atoms with E-state index < -0.39 is 0 Å². The first kappa shape index (κ1) is 15.1. The Balaban J connectivity index is 2.03. The molecule has 0 aromatic heterocycles.